The summed E-state index contributed by atoms with van der Waals surface area (Å²) in [7, 11) is 0. The molecule has 1 heterocycles. The topological polar surface area (TPSA) is 26.0 Å². The highest BCUT2D eigenvalue weighted by Crippen LogP contribution is 2.25. The number of hydrogen-bond donors (Lipinski definition) is 1. The second-order valence-electron chi connectivity index (χ2n) is 2.32. The van der Waals surface area contributed by atoms with E-state index in [-0.39, 0.29) is 6.04 Å². The van der Waals surface area contributed by atoms with E-state index in [4.69, 9.17) is 17.3 Å². The van der Waals surface area contributed by atoms with Gasteiger partial charge in [0.2, 0.25) is 0 Å². The zero-order valence-corrected chi connectivity index (χ0v) is 7.66. The van der Waals surface area contributed by atoms with Gasteiger partial charge in [-0.05, 0) is 23.4 Å². The second kappa shape index (κ2) is 3.90. The standard InChI is InChI=1S/C8H10ClNS/c1-2-3-7(10)6-4-8(9)11-5-6/h2,4-5,7H,1,3,10H2. The van der Waals surface area contributed by atoms with Gasteiger partial charge in [-0.3, -0.25) is 0 Å². The number of halogens is 1. The highest BCUT2D eigenvalue weighted by Gasteiger charge is 2.05. The Bertz CT molecular complexity index is 244. The lowest BCUT2D eigenvalue weighted by Crippen LogP contribution is -2.07. The highest BCUT2D eigenvalue weighted by molar-refractivity contribution is 7.14. The first-order valence-corrected chi connectivity index (χ1v) is 4.60. The third-order valence-corrected chi connectivity index (χ3v) is 2.55. The molecular formula is C8H10ClNS. The Morgan fingerprint density at radius 2 is 2.55 bits per heavy atom. The monoisotopic (exact) mass is 187 g/mol. The van der Waals surface area contributed by atoms with E-state index < -0.39 is 0 Å². The smallest absolute Gasteiger partial charge is 0.0931 e. The summed E-state index contributed by atoms with van der Waals surface area (Å²) in [5, 5.41) is 1.98. The molecule has 1 nitrogen and oxygen atoms in total. The van der Waals surface area contributed by atoms with E-state index in [1.54, 1.807) is 0 Å². The van der Waals surface area contributed by atoms with Crippen molar-refractivity contribution in [2.24, 2.45) is 5.73 Å². The Kier molecular flexibility index (Phi) is 3.12. The molecule has 0 saturated carbocycles. The summed E-state index contributed by atoms with van der Waals surface area (Å²) >= 11 is 7.25. The first-order chi connectivity index (χ1) is 5.24. The fourth-order valence-electron chi connectivity index (χ4n) is 0.833. The fourth-order valence-corrected chi connectivity index (χ4v) is 1.79. The van der Waals surface area contributed by atoms with E-state index in [2.05, 4.69) is 6.58 Å². The maximum absolute atomic E-state index is 5.80. The number of nitrogens with two attached hydrogens (primary N) is 1. The quantitative estimate of drug-likeness (QED) is 0.724. The van der Waals surface area contributed by atoms with Crippen LogP contribution in [0, 0.1) is 0 Å². The van der Waals surface area contributed by atoms with E-state index >= 15 is 0 Å². The molecule has 0 amide bonds. The van der Waals surface area contributed by atoms with Crippen molar-refractivity contribution < 1.29 is 0 Å². The molecule has 0 bridgehead atoms. The van der Waals surface area contributed by atoms with Crippen LogP contribution in [-0.2, 0) is 0 Å². The third kappa shape index (κ3) is 2.33. The van der Waals surface area contributed by atoms with Gasteiger partial charge in [-0.2, -0.15) is 0 Å². The first-order valence-electron chi connectivity index (χ1n) is 3.34. The molecule has 0 spiro atoms. The zero-order valence-electron chi connectivity index (χ0n) is 6.09. The van der Waals surface area contributed by atoms with Crippen molar-refractivity contribution in [1.29, 1.82) is 0 Å². The Morgan fingerprint density at radius 1 is 1.82 bits per heavy atom. The molecule has 0 aliphatic heterocycles. The van der Waals surface area contributed by atoms with Crippen LogP contribution in [0.2, 0.25) is 4.34 Å². The lowest BCUT2D eigenvalue weighted by atomic mass is 10.1. The van der Waals surface area contributed by atoms with Gasteiger partial charge < -0.3 is 5.73 Å². The Hall–Kier alpha value is -0.310. The van der Waals surface area contributed by atoms with Crippen molar-refractivity contribution in [1.82, 2.24) is 0 Å². The van der Waals surface area contributed by atoms with E-state index in [0.717, 1.165) is 16.3 Å². The molecular weight excluding hydrogens is 178 g/mol. The van der Waals surface area contributed by atoms with Crippen LogP contribution < -0.4 is 5.73 Å². The molecule has 0 aliphatic carbocycles. The van der Waals surface area contributed by atoms with Gasteiger partial charge in [0.15, 0.2) is 0 Å². The van der Waals surface area contributed by atoms with E-state index in [1.807, 2.05) is 17.5 Å². The van der Waals surface area contributed by atoms with Crippen LogP contribution in [0.3, 0.4) is 0 Å². The maximum atomic E-state index is 5.80. The van der Waals surface area contributed by atoms with Crippen molar-refractivity contribution in [2.75, 3.05) is 0 Å². The summed E-state index contributed by atoms with van der Waals surface area (Å²) < 4.78 is 0.791. The number of hydrogen-bond acceptors (Lipinski definition) is 2. The summed E-state index contributed by atoms with van der Waals surface area (Å²) in [6.45, 7) is 3.62. The molecule has 0 fully saturated rings. The van der Waals surface area contributed by atoms with E-state index in [9.17, 15) is 0 Å². The van der Waals surface area contributed by atoms with Crippen LogP contribution >= 0.6 is 22.9 Å². The van der Waals surface area contributed by atoms with Crippen LogP contribution in [0.15, 0.2) is 24.1 Å². The minimum absolute atomic E-state index is 0.0521. The van der Waals surface area contributed by atoms with Crippen molar-refractivity contribution in [3.8, 4) is 0 Å². The van der Waals surface area contributed by atoms with Crippen LogP contribution in [0.5, 0.6) is 0 Å². The predicted molar refractivity (Wildman–Crippen MR) is 51.1 cm³/mol. The minimum atomic E-state index is 0.0521. The van der Waals surface area contributed by atoms with Crippen LogP contribution in [-0.4, -0.2) is 0 Å². The average molecular weight is 188 g/mol. The normalized spacial score (nSPS) is 12.9. The molecule has 1 atom stereocenters. The Labute approximate surface area is 75.5 Å². The molecule has 0 aliphatic rings. The first kappa shape index (κ1) is 8.78. The van der Waals surface area contributed by atoms with Crippen molar-refractivity contribution >= 4 is 22.9 Å². The fraction of sp³-hybridized carbons (Fsp3) is 0.250. The van der Waals surface area contributed by atoms with Crippen molar-refractivity contribution in [3.05, 3.63) is 34.0 Å². The maximum Gasteiger partial charge on any atom is 0.0931 e. The van der Waals surface area contributed by atoms with E-state index in [1.165, 1.54) is 11.3 Å². The van der Waals surface area contributed by atoms with Crippen LogP contribution in [0.4, 0.5) is 0 Å². The van der Waals surface area contributed by atoms with Gasteiger partial charge >= 0.3 is 0 Å². The Balaban J connectivity index is 2.67. The lowest BCUT2D eigenvalue weighted by molar-refractivity contribution is 0.745. The molecule has 11 heavy (non-hydrogen) atoms. The minimum Gasteiger partial charge on any atom is -0.324 e. The van der Waals surface area contributed by atoms with Gasteiger partial charge in [0.25, 0.3) is 0 Å². The van der Waals surface area contributed by atoms with Gasteiger partial charge in [-0.25, -0.2) is 0 Å². The van der Waals surface area contributed by atoms with Gasteiger partial charge in [-0.1, -0.05) is 17.7 Å². The average Bonchev–Trinajstić information content (AvgIpc) is 2.36. The molecule has 0 radical (unpaired) electrons. The summed E-state index contributed by atoms with van der Waals surface area (Å²) in [6.07, 6.45) is 2.61. The van der Waals surface area contributed by atoms with E-state index in [0.29, 0.717) is 0 Å². The third-order valence-electron chi connectivity index (χ3n) is 1.44. The van der Waals surface area contributed by atoms with Gasteiger partial charge in [0, 0.05) is 6.04 Å². The second-order valence-corrected chi connectivity index (χ2v) is 3.86. The molecule has 3 heteroatoms. The van der Waals surface area contributed by atoms with Crippen molar-refractivity contribution in [2.45, 2.75) is 12.5 Å². The predicted octanol–water partition coefficient (Wildman–Crippen LogP) is 2.98. The summed E-state index contributed by atoms with van der Waals surface area (Å²) in [5.74, 6) is 0. The largest absolute Gasteiger partial charge is 0.324 e. The SMILES string of the molecule is C=CCC(N)c1csc(Cl)c1. The molecule has 2 N–H and O–H groups in total. The summed E-state index contributed by atoms with van der Waals surface area (Å²) in [6, 6.07) is 1.96. The summed E-state index contributed by atoms with van der Waals surface area (Å²) in [5.41, 5.74) is 6.89. The molecule has 1 aromatic heterocycles. The number of thiophene rings is 1. The highest BCUT2D eigenvalue weighted by atomic mass is 35.5. The van der Waals surface area contributed by atoms with Gasteiger partial charge in [0.05, 0.1) is 4.34 Å². The molecule has 60 valence electrons. The van der Waals surface area contributed by atoms with Crippen LogP contribution in [0.25, 0.3) is 0 Å². The van der Waals surface area contributed by atoms with Crippen molar-refractivity contribution in [3.63, 3.8) is 0 Å². The van der Waals surface area contributed by atoms with Crippen LogP contribution in [0.1, 0.15) is 18.0 Å². The molecule has 0 aromatic carbocycles. The molecule has 0 saturated heterocycles. The number of rotatable bonds is 3. The molecule has 1 rings (SSSR count). The Morgan fingerprint density at radius 3 is 3.00 bits per heavy atom. The summed E-state index contributed by atoms with van der Waals surface area (Å²) in [4.78, 5) is 0. The zero-order chi connectivity index (χ0) is 8.27. The van der Waals surface area contributed by atoms with Gasteiger partial charge in [0.1, 0.15) is 0 Å². The molecule has 1 aromatic rings. The lowest BCUT2D eigenvalue weighted by Gasteiger charge is -2.04. The van der Waals surface area contributed by atoms with Gasteiger partial charge in [-0.15, -0.1) is 17.9 Å². The molecule has 1 unspecified atom stereocenters.